The van der Waals surface area contributed by atoms with E-state index in [0.29, 0.717) is 31.2 Å². The van der Waals surface area contributed by atoms with Crippen LogP contribution >= 0.6 is 0 Å². The number of hydrogen-bond donors (Lipinski definition) is 2. The molecule has 2 aromatic rings. The second-order valence-corrected chi connectivity index (χ2v) is 8.46. The van der Waals surface area contributed by atoms with Crippen LogP contribution in [0.5, 0.6) is 5.75 Å². The Hall–Kier alpha value is -2.57. The molecule has 2 amide bonds. The zero-order valence-corrected chi connectivity index (χ0v) is 16.6. The van der Waals surface area contributed by atoms with Crippen LogP contribution in [-0.4, -0.2) is 39.8 Å². The van der Waals surface area contributed by atoms with Crippen LogP contribution in [0.15, 0.2) is 24.4 Å². The Morgan fingerprint density at radius 2 is 2.07 bits per heavy atom. The topological polar surface area (TPSA) is 70.2 Å². The lowest BCUT2D eigenvalue weighted by Gasteiger charge is -2.39. The van der Waals surface area contributed by atoms with Crippen molar-refractivity contribution in [3.05, 3.63) is 47.0 Å². The Balaban J connectivity index is 1.42. The van der Waals surface area contributed by atoms with Crippen LogP contribution in [0.25, 0.3) is 0 Å². The van der Waals surface area contributed by atoms with Gasteiger partial charge in [-0.1, -0.05) is 6.07 Å². The molecule has 3 heterocycles. The molecule has 0 aliphatic carbocycles. The third-order valence-corrected chi connectivity index (χ3v) is 5.82. The third kappa shape index (κ3) is 3.70. The molecule has 28 heavy (non-hydrogen) atoms. The van der Waals surface area contributed by atoms with Crippen LogP contribution in [0.3, 0.4) is 0 Å². The number of nitrogens with one attached hydrogen (secondary N) is 2. The number of ether oxygens (including phenoxy) is 1. The molecule has 0 bridgehead atoms. The predicted molar refractivity (Wildman–Crippen MR) is 104 cm³/mol. The number of carbonyl (C=O) groups excluding carboxylic acids is 1. The molecule has 0 radical (unpaired) electrons. The second kappa shape index (κ2) is 7.11. The van der Waals surface area contributed by atoms with Crippen molar-refractivity contribution >= 4 is 6.03 Å². The summed E-state index contributed by atoms with van der Waals surface area (Å²) in [6.07, 6.45) is 4.39. The molecule has 2 N–H and O–H groups in total. The Morgan fingerprint density at radius 1 is 1.32 bits per heavy atom. The molecule has 1 unspecified atom stereocenters. The van der Waals surface area contributed by atoms with Crippen molar-refractivity contribution in [1.29, 1.82) is 0 Å². The van der Waals surface area contributed by atoms with E-state index in [1.165, 1.54) is 17.7 Å². The van der Waals surface area contributed by atoms with Gasteiger partial charge in [0.25, 0.3) is 0 Å². The van der Waals surface area contributed by atoms with Gasteiger partial charge < -0.3 is 15.0 Å². The number of aryl methyl sites for hydroxylation is 1. The van der Waals surface area contributed by atoms with Crippen LogP contribution in [0.2, 0.25) is 0 Å². The minimum absolute atomic E-state index is 0.0691. The quantitative estimate of drug-likeness (QED) is 0.818. The molecule has 0 saturated carbocycles. The van der Waals surface area contributed by atoms with Crippen molar-refractivity contribution in [3.63, 3.8) is 0 Å². The molecule has 2 aliphatic rings. The van der Waals surface area contributed by atoms with Gasteiger partial charge in [0.05, 0.1) is 12.2 Å². The SMILES string of the molecule is Cc1[nH]ncc1C1CCN(C(=O)NC2CC(C)(C)Oc3cc(F)ccc32)CC1. The number of benzene rings is 1. The fourth-order valence-corrected chi connectivity index (χ4v) is 4.36. The van der Waals surface area contributed by atoms with Gasteiger partial charge in [-0.05, 0) is 51.2 Å². The highest BCUT2D eigenvalue weighted by molar-refractivity contribution is 5.75. The Labute approximate surface area is 164 Å². The first kappa shape index (κ1) is 18.8. The molecule has 4 rings (SSSR count). The zero-order valence-electron chi connectivity index (χ0n) is 16.6. The maximum atomic E-state index is 13.6. The average Bonchev–Trinajstić information content (AvgIpc) is 3.06. The summed E-state index contributed by atoms with van der Waals surface area (Å²) in [6.45, 7) is 7.38. The smallest absolute Gasteiger partial charge is 0.317 e. The van der Waals surface area contributed by atoms with Crippen molar-refractivity contribution < 1.29 is 13.9 Å². The Morgan fingerprint density at radius 3 is 2.75 bits per heavy atom. The summed E-state index contributed by atoms with van der Waals surface area (Å²) in [5.74, 6) is 0.613. The van der Waals surface area contributed by atoms with E-state index in [1.54, 1.807) is 6.07 Å². The molecule has 150 valence electrons. The summed E-state index contributed by atoms with van der Waals surface area (Å²) in [5, 5.41) is 10.3. The summed E-state index contributed by atoms with van der Waals surface area (Å²) in [5.41, 5.74) is 2.72. The van der Waals surface area contributed by atoms with Crippen molar-refractivity contribution in [1.82, 2.24) is 20.4 Å². The van der Waals surface area contributed by atoms with Crippen LogP contribution in [0, 0.1) is 12.7 Å². The fraction of sp³-hybridized carbons (Fsp3) is 0.524. The van der Waals surface area contributed by atoms with Gasteiger partial charge in [0.2, 0.25) is 0 Å². The van der Waals surface area contributed by atoms with Gasteiger partial charge in [-0.2, -0.15) is 5.10 Å². The number of fused-ring (bicyclic) bond motifs is 1. The van der Waals surface area contributed by atoms with E-state index >= 15 is 0 Å². The number of amides is 2. The van der Waals surface area contributed by atoms with E-state index in [9.17, 15) is 9.18 Å². The number of nitrogens with zero attached hydrogens (tertiary/aromatic N) is 2. The highest BCUT2D eigenvalue weighted by Crippen LogP contribution is 2.40. The molecule has 7 heteroatoms. The highest BCUT2D eigenvalue weighted by atomic mass is 19.1. The van der Waals surface area contributed by atoms with Crippen LogP contribution in [-0.2, 0) is 0 Å². The molecule has 6 nitrogen and oxygen atoms in total. The number of hydrogen-bond acceptors (Lipinski definition) is 3. The van der Waals surface area contributed by atoms with Gasteiger partial charge in [0, 0.05) is 36.8 Å². The van der Waals surface area contributed by atoms with E-state index in [0.717, 1.165) is 24.1 Å². The third-order valence-electron chi connectivity index (χ3n) is 5.82. The summed E-state index contributed by atoms with van der Waals surface area (Å²) in [4.78, 5) is 14.8. The van der Waals surface area contributed by atoms with Crippen molar-refractivity contribution in [2.45, 2.75) is 57.6 Å². The number of H-pyrrole nitrogens is 1. The number of halogens is 1. The number of likely N-dealkylation sites (tertiary alicyclic amines) is 1. The molecule has 1 saturated heterocycles. The fourth-order valence-electron chi connectivity index (χ4n) is 4.36. The molecule has 2 aliphatic heterocycles. The van der Waals surface area contributed by atoms with E-state index < -0.39 is 5.60 Å². The normalized spacial score (nSPS) is 21.7. The second-order valence-electron chi connectivity index (χ2n) is 8.46. The number of aromatic amines is 1. The molecule has 1 aromatic carbocycles. The van der Waals surface area contributed by atoms with Crippen molar-refractivity contribution in [2.75, 3.05) is 13.1 Å². The molecular weight excluding hydrogens is 359 g/mol. The maximum Gasteiger partial charge on any atom is 0.317 e. The summed E-state index contributed by atoms with van der Waals surface area (Å²) < 4.78 is 19.5. The van der Waals surface area contributed by atoms with Crippen molar-refractivity contribution in [3.8, 4) is 5.75 Å². The maximum absolute atomic E-state index is 13.6. The minimum Gasteiger partial charge on any atom is -0.487 e. The molecule has 1 fully saturated rings. The van der Waals surface area contributed by atoms with Gasteiger partial charge in [0.15, 0.2) is 0 Å². The van der Waals surface area contributed by atoms with Gasteiger partial charge in [-0.3, -0.25) is 5.10 Å². The molecular formula is C21H27FN4O2. The summed E-state index contributed by atoms with van der Waals surface area (Å²) in [7, 11) is 0. The van der Waals surface area contributed by atoms with E-state index in [1.807, 2.05) is 31.9 Å². The predicted octanol–water partition coefficient (Wildman–Crippen LogP) is 4.05. The lowest BCUT2D eigenvalue weighted by molar-refractivity contribution is 0.0657. The molecule has 0 spiro atoms. The molecule has 1 aromatic heterocycles. The first-order valence-corrected chi connectivity index (χ1v) is 9.86. The summed E-state index contributed by atoms with van der Waals surface area (Å²) >= 11 is 0. The van der Waals surface area contributed by atoms with Gasteiger partial charge in [0.1, 0.15) is 17.2 Å². The minimum atomic E-state index is -0.468. The highest BCUT2D eigenvalue weighted by Gasteiger charge is 2.36. The number of urea groups is 1. The first-order valence-electron chi connectivity index (χ1n) is 9.86. The van der Waals surface area contributed by atoms with E-state index in [-0.39, 0.29) is 17.9 Å². The van der Waals surface area contributed by atoms with E-state index in [2.05, 4.69) is 15.5 Å². The standard InChI is InChI=1S/C21H27FN4O2/c1-13-17(12-23-25-13)14-6-8-26(9-7-14)20(27)24-18-11-21(2,3)28-19-10-15(22)4-5-16(18)19/h4-5,10,12,14,18H,6-9,11H2,1-3H3,(H,23,25)(H,24,27). The van der Waals surface area contributed by atoms with Crippen LogP contribution in [0.1, 0.15) is 61.9 Å². The van der Waals surface area contributed by atoms with Gasteiger partial charge >= 0.3 is 6.03 Å². The largest absolute Gasteiger partial charge is 0.487 e. The monoisotopic (exact) mass is 386 g/mol. The van der Waals surface area contributed by atoms with Crippen LogP contribution in [0.4, 0.5) is 9.18 Å². The Bertz CT molecular complexity index is 871. The average molecular weight is 386 g/mol. The number of aromatic nitrogens is 2. The number of rotatable bonds is 2. The number of carbonyl (C=O) groups is 1. The van der Waals surface area contributed by atoms with Gasteiger partial charge in [-0.15, -0.1) is 0 Å². The lowest BCUT2D eigenvalue weighted by atomic mass is 9.89. The molecule has 1 atom stereocenters. The lowest BCUT2D eigenvalue weighted by Crippen LogP contribution is -2.48. The zero-order chi connectivity index (χ0) is 19.9. The van der Waals surface area contributed by atoms with Crippen molar-refractivity contribution in [2.24, 2.45) is 0 Å². The number of piperidine rings is 1. The van der Waals surface area contributed by atoms with Gasteiger partial charge in [-0.25, -0.2) is 9.18 Å². The first-order chi connectivity index (χ1) is 13.3. The van der Waals surface area contributed by atoms with Crippen LogP contribution < -0.4 is 10.1 Å². The summed E-state index contributed by atoms with van der Waals surface area (Å²) in [6, 6.07) is 4.26. The Kier molecular flexibility index (Phi) is 4.77. The van der Waals surface area contributed by atoms with E-state index in [4.69, 9.17) is 4.74 Å².